The first-order chi connectivity index (χ1) is 10.8. The van der Waals surface area contributed by atoms with E-state index in [9.17, 15) is 24.6 Å². The van der Waals surface area contributed by atoms with Gasteiger partial charge in [-0.1, -0.05) is 6.07 Å². The summed E-state index contributed by atoms with van der Waals surface area (Å²) >= 11 is 0. The Hall–Kier alpha value is -3.62. The fraction of sp³-hybridized carbons (Fsp3) is 0. The summed E-state index contributed by atoms with van der Waals surface area (Å²) in [5, 5.41) is 39.1. The molecule has 0 aliphatic carbocycles. The molecule has 0 bridgehead atoms. The van der Waals surface area contributed by atoms with Crippen LogP contribution in [0.1, 0.15) is 31.2 Å². The third-order valence-electron chi connectivity index (χ3n) is 2.80. The molecule has 0 aliphatic heterocycles. The molecule has 1 amide bonds. The van der Waals surface area contributed by atoms with E-state index in [1.165, 1.54) is 18.2 Å². The molecule has 0 saturated heterocycles. The quantitative estimate of drug-likeness (QED) is 0.525. The lowest BCUT2D eigenvalue weighted by Gasteiger charge is -2.08. The van der Waals surface area contributed by atoms with Gasteiger partial charge < -0.3 is 25.7 Å². The molecule has 23 heavy (non-hydrogen) atoms. The maximum atomic E-state index is 12.0. The zero-order valence-corrected chi connectivity index (χ0v) is 11.3. The molecule has 2 aromatic rings. The van der Waals surface area contributed by atoms with Crippen molar-refractivity contribution in [2.75, 3.05) is 5.32 Å². The van der Waals surface area contributed by atoms with Crippen molar-refractivity contribution in [1.29, 1.82) is 0 Å². The molecule has 9 nitrogen and oxygen atoms in total. The minimum atomic E-state index is -1.47. The lowest BCUT2D eigenvalue weighted by Crippen LogP contribution is -2.15. The molecule has 0 saturated carbocycles. The van der Waals surface area contributed by atoms with Gasteiger partial charge in [0.1, 0.15) is 22.9 Å². The Morgan fingerprint density at radius 3 is 2.13 bits per heavy atom. The minimum absolute atomic E-state index is 0.0869. The Balaban J connectivity index is 2.31. The molecule has 1 aromatic heterocycles. The largest absolute Gasteiger partial charge is 0.507 e. The van der Waals surface area contributed by atoms with Crippen LogP contribution in [0.15, 0.2) is 30.3 Å². The van der Waals surface area contributed by atoms with Crippen LogP contribution in [0.25, 0.3) is 0 Å². The van der Waals surface area contributed by atoms with E-state index in [1.54, 1.807) is 0 Å². The molecule has 9 heteroatoms. The van der Waals surface area contributed by atoms with Gasteiger partial charge in [-0.25, -0.2) is 14.6 Å². The van der Waals surface area contributed by atoms with Gasteiger partial charge in [0.15, 0.2) is 5.69 Å². The average molecular weight is 318 g/mol. The Kier molecular flexibility index (Phi) is 4.12. The van der Waals surface area contributed by atoms with Crippen molar-refractivity contribution in [3.63, 3.8) is 0 Å². The number of anilines is 1. The second-order valence-electron chi connectivity index (χ2n) is 4.36. The Bertz CT molecular complexity index is 817. The zero-order valence-electron chi connectivity index (χ0n) is 11.3. The van der Waals surface area contributed by atoms with Crippen LogP contribution in [0.2, 0.25) is 0 Å². The topological polar surface area (TPSA) is 157 Å². The number of benzene rings is 1. The number of rotatable bonds is 4. The van der Waals surface area contributed by atoms with Crippen LogP contribution in [0.4, 0.5) is 5.82 Å². The first kappa shape index (κ1) is 15.8. The van der Waals surface area contributed by atoms with Gasteiger partial charge >= 0.3 is 11.9 Å². The van der Waals surface area contributed by atoms with Crippen molar-refractivity contribution >= 4 is 23.7 Å². The normalized spacial score (nSPS) is 10.1. The van der Waals surface area contributed by atoms with E-state index in [-0.39, 0.29) is 11.5 Å². The van der Waals surface area contributed by atoms with Gasteiger partial charge in [-0.05, 0) is 24.3 Å². The van der Waals surface area contributed by atoms with E-state index >= 15 is 0 Å². The lowest BCUT2D eigenvalue weighted by atomic mass is 10.1. The molecule has 0 unspecified atom stereocenters. The number of nitrogens with one attached hydrogen (secondary N) is 1. The Labute approximate surface area is 128 Å². The molecule has 0 atom stereocenters. The minimum Gasteiger partial charge on any atom is -0.507 e. The maximum Gasteiger partial charge on any atom is 0.354 e. The number of aromatic carboxylic acids is 2. The molecule has 2 rings (SSSR count). The molecule has 1 aromatic carbocycles. The average Bonchev–Trinajstić information content (AvgIpc) is 2.49. The first-order valence-corrected chi connectivity index (χ1v) is 6.10. The van der Waals surface area contributed by atoms with Gasteiger partial charge in [0.2, 0.25) is 0 Å². The van der Waals surface area contributed by atoms with Crippen LogP contribution >= 0.6 is 0 Å². The van der Waals surface area contributed by atoms with Gasteiger partial charge in [-0.3, -0.25) is 4.79 Å². The second-order valence-corrected chi connectivity index (χ2v) is 4.36. The van der Waals surface area contributed by atoms with Crippen molar-refractivity contribution in [3.8, 4) is 11.5 Å². The smallest absolute Gasteiger partial charge is 0.354 e. The van der Waals surface area contributed by atoms with E-state index in [0.717, 1.165) is 12.1 Å². The molecule has 5 N–H and O–H groups in total. The second kappa shape index (κ2) is 6.02. The monoisotopic (exact) mass is 318 g/mol. The molecule has 118 valence electrons. The molecular weight excluding hydrogens is 308 g/mol. The van der Waals surface area contributed by atoms with Crippen molar-refractivity contribution in [3.05, 3.63) is 47.2 Å². The zero-order chi connectivity index (χ0) is 17.1. The fourth-order valence-corrected chi connectivity index (χ4v) is 1.74. The fourth-order valence-electron chi connectivity index (χ4n) is 1.74. The number of nitrogens with zero attached hydrogens (tertiary/aromatic N) is 1. The predicted molar refractivity (Wildman–Crippen MR) is 75.9 cm³/mol. The highest BCUT2D eigenvalue weighted by atomic mass is 16.4. The van der Waals surface area contributed by atoms with E-state index < -0.39 is 40.5 Å². The van der Waals surface area contributed by atoms with Crippen molar-refractivity contribution in [1.82, 2.24) is 4.98 Å². The van der Waals surface area contributed by atoms with E-state index in [4.69, 9.17) is 10.2 Å². The summed E-state index contributed by atoms with van der Waals surface area (Å²) in [5.74, 6) is -5.10. The molecule has 0 radical (unpaired) electrons. The van der Waals surface area contributed by atoms with Crippen LogP contribution in [0.3, 0.4) is 0 Å². The van der Waals surface area contributed by atoms with Crippen molar-refractivity contribution in [2.45, 2.75) is 0 Å². The summed E-state index contributed by atoms with van der Waals surface area (Å²) in [4.78, 5) is 37.3. The lowest BCUT2D eigenvalue weighted by molar-refractivity contribution is 0.0681. The number of hydrogen-bond acceptors (Lipinski definition) is 6. The SMILES string of the molecule is O=C(O)c1cccc(NC(=O)c2cc(O)c(C(=O)O)cc2O)n1. The van der Waals surface area contributed by atoms with E-state index in [1.807, 2.05) is 0 Å². The molecule has 0 fully saturated rings. The van der Waals surface area contributed by atoms with Crippen LogP contribution in [0, 0.1) is 0 Å². The third kappa shape index (κ3) is 3.35. The molecule has 1 heterocycles. The third-order valence-corrected chi connectivity index (χ3v) is 2.80. The molecule has 0 aliphatic rings. The summed E-state index contributed by atoms with van der Waals surface area (Å²) in [7, 11) is 0. The number of carbonyl (C=O) groups excluding carboxylic acids is 1. The van der Waals surface area contributed by atoms with Crippen LogP contribution in [-0.2, 0) is 0 Å². The standard InChI is InChI=1S/C14H10N2O7/c17-9-5-7(13(20)21)10(18)4-6(9)12(19)16-11-3-1-2-8(15-11)14(22)23/h1-5,17-18H,(H,20,21)(H,22,23)(H,15,16,19). The Morgan fingerprint density at radius 1 is 0.913 bits per heavy atom. The van der Waals surface area contributed by atoms with Gasteiger partial charge in [0.05, 0.1) is 5.56 Å². The van der Waals surface area contributed by atoms with Crippen molar-refractivity contribution in [2.24, 2.45) is 0 Å². The summed E-state index contributed by atoms with van der Waals surface area (Å²) in [6, 6.07) is 5.43. The first-order valence-electron chi connectivity index (χ1n) is 6.10. The van der Waals surface area contributed by atoms with Crippen LogP contribution < -0.4 is 5.32 Å². The number of phenolic OH excluding ortho intramolecular Hbond substituents is 1. The number of carbonyl (C=O) groups is 3. The summed E-state index contributed by atoms with van der Waals surface area (Å²) < 4.78 is 0. The molecule has 0 spiro atoms. The number of carboxylic acids is 2. The summed E-state index contributed by atoms with van der Waals surface area (Å²) in [6.45, 7) is 0. The highest BCUT2D eigenvalue weighted by Gasteiger charge is 2.19. The highest BCUT2D eigenvalue weighted by Crippen LogP contribution is 2.27. The number of hydrogen-bond donors (Lipinski definition) is 5. The summed E-state index contributed by atoms with van der Waals surface area (Å²) in [6.07, 6.45) is 0. The van der Waals surface area contributed by atoms with Gasteiger partial charge in [0.25, 0.3) is 5.91 Å². The highest BCUT2D eigenvalue weighted by molar-refractivity contribution is 6.07. The van der Waals surface area contributed by atoms with Gasteiger partial charge in [0, 0.05) is 0 Å². The maximum absolute atomic E-state index is 12.0. The van der Waals surface area contributed by atoms with Crippen LogP contribution in [0.5, 0.6) is 11.5 Å². The Morgan fingerprint density at radius 2 is 1.52 bits per heavy atom. The number of phenols is 2. The number of aromatic hydroxyl groups is 2. The van der Waals surface area contributed by atoms with E-state index in [2.05, 4.69) is 10.3 Å². The molecular formula is C14H10N2O7. The number of pyridine rings is 1. The van der Waals surface area contributed by atoms with Crippen LogP contribution in [-0.4, -0.2) is 43.3 Å². The number of aromatic nitrogens is 1. The number of carboxylic acid groups (broad SMARTS) is 2. The van der Waals surface area contributed by atoms with Crippen molar-refractivity contribution < 1.29 is 34.8 Å². The van der Waals surface area contributed by atoms with Gasteiger partial charge in [-0.2, -0.15) is 0 Å². The summed E-state index contributed by atoms with van der Waals surface area (Å²) in [5.41, 5.74) is -1.25. The van der Waals surface area contributed by atoms with Gasteiger partial charge in [-0.15, -0.1) is 0 Å². The number of amides is 1. The predicted octanol–water partition coefficient (Wildman–Crippen LogP) is 1.14. The van der Waals surface area contributed by atoms with E-state index in [0.29, 0.717) is 0 Å².